The normalized spacial score (nSPS) is 10.4. The van der Waals surface area contributed by atoms with E-state index >= 15 is 0 Å². The van der Waals surface area contributed by atoms with Gasteiger partial charge in [0.05, 0.1) is 11.1 Å². The summed E-state index contributed by atoms with van der Waals surface area (Å²) in [5.74, 6) is -1.55. The van der Waals surface area contributed by atoms with E-state index in [1.807, 2.05) is 13.8 Å². The number of hydrogen-bond donors (Lipinski definition) is 0. The van der Waals surface area contributed by atoms with Crippen LogP contribution in [-0.2, 0) is 0 Å². The summed E-state index contributed by atoms with van der Waals surface area (Å²) in [6.45, 7) is 3.82. The molecule has 4 heteroatoms. The highest BCUT2D eigenvalue weighted by Gasteiger charge is 2.19. The zero-order chi connectivity index (χ0) is 18.7. The molecule has 3 aromatic rings. The minimum atomic E-state index is -0.602. The molecule has 3 nitrogen and oxygen atoms in total. The van der Waals surface area contributed by atoms with Crippen LogP contribution in [0.2, 0.25) is 0 Å². The lowest BCUT2D eigenvalue weighted by Gasteiger charge is -2.10. The van der Waals surface area contributed by atoms with Crippen molar-refractivity contribution in [3.05, 3.63) is 100 Å². The molecule has 0 amide bonds. The van der Waals surface area contributed by atoms with E-state index in [4.69, 9.17) is 4.74 Å². The number of halogens is 1. The first-order chi connectivity index (χ1) is 12.4. The van der Waals surface area contributed by atoms with Gasteiger partial charge in [0.15, 0.2) is 5.78 Å². The summed E-state index contributed by atoms with van der Waals surface area (Å²) in [7, 11) is 0. The van der Waals surface area contributed by atoms with E-state index in [0.717, 1.165) is 23.3 Å². The number of carbonyl (C=O) groups is 2. The Labute approximate surface area is 151 Å². The lowest BCUT2D eigenvalue weighted by atomic mass is 10.0. The van der Waals surface area contributed by atoms with Crippen LogP contribution in [0.1, 0.15) is 37.4 Å². The second kappa shape index (κ2) is 7.31. The van der Waals surface area contributed by atoms with Gasteiger partial charge in [-0.15, -0.1) is 0 Å². The molecular weight excluding hydrogens is 331 g/mol. The summed E-state index contributed by atoms with van der Waals surface area (Å²) in [5, 5.41) is 0. The fourth-order valence-corrected chi connectivity index (χ4v) is 2.48. The number of aryl methyl sites for hydroxylation is 2. The molecule has 0 aliphatic rings. The van der Waals surface area contributed by atoms with Gasteiger partial charge in [0.1, 0.15) is 11.6 Å². The number of ketones is 1. The summed E-state index contributed by atoms with van der Waals surface area (Å²) >= 11 is 0. The van der Waals surface area contributed by atoms with Gasteiger partial charge < -0.3 is 4.74 Å². The Hall–Kier alpha value is -3.27. The van der Waals surface area contributed by atoms with E-state index < -0.39 is 17.6 Å². The molecule has 0 heterocycles. The largest absolute Gasteiger partial charge is 0.422 e. The Morgan fingerprint density at radius 2 is 1.31 bits per heavy atom. The first-order valence-electron chi connectivity index (χ1n) is 8.14. The predicted octanol–water partition coefficient (Wildman–Crippen LogP) is 4.89. The second-order valence-corrected chi connectivity index (χ2v) is 6.09. The Kier molecular flexibility index (Phi) is 4.94. The highest BCUT2D eigenvalue weighted by atomic mass is 19.1. The molecule has 0 atom stereocenters. The predicted molar refractivity (Wildman–Crippen MR) is 97.1 cm³/mol. The lowest BCUT2D eigenvalue weighted by Crippen LogP contribution is -2.12. The van der Waals surface area contributed by atoms with Crippen LogP contribution in [0.15, 0.2) is 66.7 Å². The van der Waals surface area contributed by atoms with Gasteiger partial charge in [0.25, 0.3) is 0 Å². The third-order valence-corrected chi connectivity index (χ3v) is 3.99. The smallest absolute Gasteiger partial charge is 0.343 e. The van der Waals surface area contributed by atoms with Crippen LogP contribution >= 0.6 is 0 Å². The van der Waals surface area contributed by atoms with Gasteiger partial charge in [0, 0.05) is 5.56 Å². The molecular formula is C22H17FO3. The third-order valence-electron chi connectivity index (χ3n) is 3.99. The summed E-state index contributed by atoms with van der Waals surface area (Å²) < 4.78 is 19.1. The molecule has 0 spiro atoms. The third kappa shape index (κ3) is 3.86. The van der Waals surface area contributed by atoms with E-state index in [1.165, 1.54) is 6.07 Å². The van der Waals surface area contributed by atoms with E-state index in [0.29, 0.717) is 11.1 Å². The quantitative estimate of drug-likeness (QED) is 0.383. The standard InChI is InChI=1S/C22H17FO3/c1-14-3-7-16(8-4-14)21(24)19-13-18(23)11-12-20(19)26-22(25)17-9-5-15(2)6-10-17/h3-13H,1-2H3. The van der Waals surface area contributed by atoms with Crippen LogP contribution in [0.4, 0.5) is 4.39 Å². The topological polar surface area (TPSA) is 43.4 Å². The van der Waals surface area contributed by atoms with Gasteiger partial charge in [-0.25, -0.2) is 9.18 Å². The molecule has 0 saturated carbocycles. The minimum Gasteiger partial charge on any atom is -0.422 e. The number of esters is 1. The molecule has 0 saturated heterocycles. The summed E-state index contributed by atoms with van der Waals surface area (Å²) in [4.78, 5) is 25.1. The van der Waals surface area contributed by atoms with E-state index in [-0.39, 0.29) is 11.3 Å². The molecule has 0 N–H and O–H groups in total. The van der Waals surface area contributed by atoms with Crippen LogP contribution in [0.25, 0.3) is 0 Å². The average molecular weight is 348 g/mol. The van der Waals surface area contributed by atoms with Gasteiger partial charge in [0.2, 0.25) is 0 Å². The first-order valence-corrected chi connectivity index (χ1v) is 8.14. The molecule has 26 heavy (non-hydrogen) atoms. The highest BCUT2D eigenvalue weighted by Crippen LogP contribution is 2.24. The van der Waals surface area contributed by atoms with Crippen molar-refractivity contribution in [2.24, 2.45) is 0 Å². The highest BCUT2D eigenvalue weighted by molar-refractivity contribution is 6.11. The molecule has 0 radical (unpaired) electrons. The SMILES string of the molecule is Cc1ccc(C(=O)Oc2ccc(F)cc2C(=O)c2ccc(C)cc2)cc1. The Bertz CT molecular complexity index is 958. The molecule has 0 bridgehead atoms. The van der Waals surface area contributed by atoms with Crippen LogP contribution in [0.5, 0.6) is 5.75 Å². The molecule has 0 fully saturated rings. The Morgan fingerprint density at radius 3 is 1.88 bits per heavy atom. The molecule has 0 unspecified atom stereocenters. The van der Waals surface area contributed by atoms with Crippen molar-refractivity contribution in [2.75, 3.05) is 0 Å². The van der Waals surface area contributed by atoms with Crippen LogP contribution in [-0.4, -0.2) is 11.8 Å². The van der Waals surface area contributed by atoms with Crippen LogP contribution in [0, 0.1) is 19.7 Å². The van der Waals surface area contributed by atoms with Crippen molar-refractivity contribution in [3.63, 3.8) is 0 Å². The number of ether oxygens (including phenoxy) is 1. The van der Waals surface area contributed by atoms with Crippen molar-refractivity contribution < 1.29 is 18.7 Å². The van der Waals surface area contributed by atoms with Crippen molar-refractivity contribution in [1.82, 2.24) is 0 Å². The average Bonchev–Trinajstić information content (AvgIpc) is 2.63. The zero-order valence-electron chi connectivity index (χ0n) is 14.5. The Balaban J connectivity index is 1.93. The summed E-state index contributed by atoms with van der Waals surface area (Å²) in [6, 6.07) is 17.3. The maximum absolute atomic E-state index is 13.7. The van der Waals surface area contributed by atoms with Crippen LogP contribution < -0.4 is 4.74 Å². The van der Waals surface area contributed by atoms with Gasteiger partial charge in [-0.2, -0.15) is 0 Å². The lowest BCUT2D eigenvalue weighted by molar-refractivity contribution is 0.0732. The summed E-state index contributed by atoms with van der Waals surface area (Å²) in [5.41, 5.74) is 2.78. The fourth-order valence-electron chi connectivity index (χ4n) is 2.48. The molecule has 130 valence electrons. The van der Waals surface area contributed by atoms with Gasteiger partial charge in [-0.3, -0.25) is 4.79 Å². The van der Waals surface area contributed by atoms with E-state index in [9.17, 15) is 14.0 Å². The second-order valence-electron chi connectivity index (χ2n) is 6.09. The molecule has 3 rings (SSSR count). The maximum Gasteiger partial charge on any atom is 0.343 e. The molecule has 0 aliphatic carbocycles. The van der Waals surface area contributed by atoms with Crippen molar-refractivity contribution in [1.29, 1.82) is 0 Å². The van der Waals surface area contributed by atoms with Gasteiger partial charge in [-0.05, 0) is 44.2 Å². The van der Waals surface area contributed by atoms with Crippen molar-refractivity contribution in [3.8, 4) is 5.75 Å². The van der Waals surface area contributed by atoms with Gasteiger partial charge >= 0.3 is 5.97 Å². The molecule has 0 aromatic heterocycles. The van der Waals surface area contributed by atoms with Crippen LogP contribution in [0.3, 0.4) is 0 Å². The Morgan fingerprint density at radius 1 is 0.769 bits per heavy atom. The van der Waals surface area contributed by atoms with Gasteiger partial charge in [-0.1, -0.05) is 47.5 Å². The number of carbonyl (C=O) groups excluding carboxylic acids is 2. The number of benzene rings is 3. The maximum atomic E-state index is 13.7. The monoisotopic (exact) mass is 348 g/mol. The summed E-state index contributed by atoms with van der Waals surface area (Å²) in [6.07, 6.45) is 0. The molecule has 0 aliphatic heterocycles. The minimum absolute atomic E-state index is 0.00862. The number of rotatable bonds is 4. The van der Waals surface area contributed by atoms with E-state index in [2.05, 4.69) is 0 Å². The van der Waals surface area contributed by atoms with E-state index in [1.54, 1.807) is 48.5 Å². The molecule has 3 aromatic carbocycles. The number of hydrogen-bond acceptors (Lipinski definition) is 3. The zero-order valence-corrected chi connectivity index (χ0v) is 14.5. The van der Waals surface area contributed by atoms with Crippen molar-refractivity contribution in [2.45, 2.75) is 13.8 Å². The fraction of sp³-hybridized carbons (Fsp3) is 0.0909. The first kappa shape index (κ1) is 17.5. The van der Waals surface area contributed by atoms with Crippen molar-refractivity contribution >= 4 is 11.8 Å².